The number of hydrogen-bond acceptors (Lipinski definition) is 6. The second-order valence-electron chi connectivity index (χ2n) is 7.15. The summed E-state index contributed by atoms with van der Waals surface area (Å²) in [5.74, 6) is -0.688. The molecule has 2 heterocycles. The summed E-state index contributed by atoms with van der Waals surface area (Å²) in [7, 11) is 0. The van der Waals surface area contributed by atoms with E-state index in [1.165, 1.54) is 4.90 Å². The minimum Gasteiger partial charge on any atom is -0.387 e. The maximum absolute atomic E-state index is 12.9. The van der Waals surface area contributed by atoms with E-state index in [2.05, 4.69) is 0 Å². The lowest BCUT2D eigenvalue weighted by molar-refractivity contribution is -0.253. The van der Waals surface area contributed by atoms with Crippen LogP contribution in [0.15, 0.2) is 60.7 Å². The van der Waals surface area contributed by atoms with Crippen molar-refractivity contribution in [3.05, 3.63) is 71.8 Å². The molecule has 0 aliphatic carbocycles. The molecular weight excluding hydrogens is 362 g/mol. The van der Waals surface area contributed by atoms with E-state index in [0.717, 1.165) is 11.1 Å². The van der Waals surface area contributed by atoms with Gasteiger partial charge < -0.3 is 24.8 Å². The summed E-state index contributed by atoms with van der Waals surface area (Å²) in [6, 6.07) is 18.2. The molecule has 0 radical (unpaired) electrons. The summed E-state index contributed by atoms with van der Waals surface area (Å²) in [5.41, 5.74) is 0.183. The van der Waals surface area contributed by atoms with Crippen LogP contribution in [0.4, 0.5) is 0 Å². The molecule has 0 saturated carbocycles. The Morgan fingerprint density at radius 3 is 2.36 bits per heavy atom. The number of piperidine rings is 1. The SMILES string of the molecule is O=C1[C@H](O)[C@H](O)[C@@H](O)[C@@]2(COCc3ccccc3)OC[C@H](c3ccccc3)N12. The molecule has 1 amide bonds. The maximum atomic E-state index is 12.9. The van der Waals surface area contributed by atoms with Crippen LogP contribution in [0.2, 0.25) is 0 Å². The highest BCUT2D eigenvalue weighted by molar-refractivity contribution is 5.84. The highest BCUT2D eigenvalue weighted by atomic mass is 16.6. The lowest BCUT2D eigenvalue weighted by Gasteiger charge is -2.48. The van der Waals surface area contributed by atoms with Gasteiger partial charge in [0.25, 0.3) is 5.91 Å². The van der Waals surface area contributed by atoms with Crippen LogP contribution >= 0.6 is 0 Å². The summed E-state index contributed by atoms with van der Waals surface area (Å²) in [6.45, 7) is 0.248. The van der Waals surface area contributed by atoms with Gasteiger partial charge >= 0.3 is 0 Å². The van der Waals surface area contributed by atoms with Gasteiger partial charge in [0.1, 0.15) is 12.2 Å². The number of rotatable bonds is 5. The fourth-order valence-electron chi connectivity index (χ4n) is 3.93. The van der Waals surface area contributed by atoms with E-state index in [1.807, 2.05) is 60.7 Å². The third kappa shape index (κ3) is 3.11. The van der Waals surface area contributed by atoms with Gasteiger partial charge in [-0.15, -0.1) is 0 Å². The Balaban J connectivity index is 1.62. The molecule has 2 aromatic rings. The first-order chi connectivity index (χ1) is 13.5. The van der Waals surface area contributed by atoms with Gasteiger partial charge in [-0.25, -0.2) is 0 Å². The Hall–Kier alpha value is -2.29. The van der Waals surface area contributed by atoms with Gasteiger partial charge in [-0.1, -0.05) is 60.7 Å². The van der Waals surface area contributed by atoms with E-state index in [-0.39, 0.29) is 19.8 Å². The molecule has 3 N–H and O–H groups in total. The molecule has 7 nitrogen and oxygen atoms in total. The van der Waals surface area contributed by atoms with Crippen molar-refractivity contribution in [3.8, 4) is 0 Å². The number of nitrogens with zero attached hydrogens (tertiary/aromatic N) is 1. The van der Waals surface area contributed by atoms with E-state index in [4.69, 9.17) is 9.47 Å². The number of carbonyl (C=O) groups is 1. The predicted molar refractivity (Wildman–Crippen MR) is 98.8 cm³/mol. The predicted octanol–water partition coefficient (Wildman–Crippen LogP) is 0.596. The molecule has 2 fully saturated rings. The zero-order chi connectivity index (χ0) is 19.7. The fourth-order valence-corrected chi connectivity index (χ4v) is 3.93. The average molecular weight is 385 g/mol. The monoisotopic (exact) mass is 385 g/mol. The van der Waals surface area contributed by atoms with E-state index in [1.54, 1.807) is 0 Å². The molecule has 0 bridgehead atoms. The molecule has 5 atom stereocenters. The van der Waals surface area contributed by atoms with Gasteiger partial charge in [0.15, 0.2) is 11.8 Å². The van der Waals surface area contributed by atoms with E-state index >= 15 is 0 Å². The van der Waals surface area contributed by atoms with Crippen LogP contribution in [0.1, 0.15) is 17.2 Å². The van der Waals surface area contributed by atoms with Crippen molar-refractivity contribution in [3.63, 3.8) is 0 Å². The molecule has 148 valence electrons. The maximum Gasteiger partial charge on any atom is 0.257 e. The molecule has 4 rings (SSSR count). The normalized spacial score (nSPS) is 32.4. The van der Waals surface area contributed by atoms with Gasteiger partial charge in [-0.3, -0.25) is 9.69 Å². The Kier molecular flexibility index (Phi) is 5.18. The number of benzene rings is 2. The summed E-state index contributed by atoms with van der Waals surface area (Å²) in [5, 5.41) is 31.1. The van der Waals surface area contributed by atoms with E-state index in [9.17, 15) is 20.1 Å². The molecule has 28 heavy (non-hydrogen) atoms. The van der Waals surface area contributed by atoms with E-state index in [0.29, 0.717) is 0 Å². The van der Waals surface area contributed by atoms with Gasteiger partial charge in [0.2, 0.25) is 0 Å². The first-order valence-electron chi connectivity index (χ1n) is 9.22. The lowest BCUT2D eigenvalue weighted by atomic mass is 9.89. The summed E-state index contributed by atoms with van der Waals surface area (Å²) in [4.78, 5) is 14.2. The number of ether oxygens (including phenoxy) is 2. The Morgan fingerprint density at radius 2 is 1.68 bits per heavy atom. The van der Waals surface area contributed by atoms with Gasteiger partial charge in [0, 0.05) is 0 Å². The minimum absolute atomic E-state index is 0.126. The minimum atomic E-state index is -1.72. The van der Waals surface area contributed by atoms with Crippen LogP contribution < -0.4 is 0 Å². The van der Waals surface area contributed by atoms with Crippen molar-refractivity contribution in [2.75, 3.05) is 13.2 Å². The van der Waals surface area contributed by atoms with Crippen molar-refractivity contribution in [1.82, 2.24) is 4.90 Å². The van der Waals surface area contributed by atoms with Crippen LogP contribution in [-0.2, 0) is 20.9 Å². The number of aliphatic hydroxyl groups is 3. The second-order valence-corrected chi connectivity index (χ2v) is 7.15. The zero-order valence-electron chi connectivity index (χ0n) is 15.2. The Labute approximate surface area is 162 Å². The molecular formula is C21H23NO6. The second kappa shape index (κ2) is 7.62. The van der Waals surface area contributed by atoms with Crippen molar-refractivity contribution in [1.29, 1.82) is 0 Å². The lowest BCUT2D eigenvalue weighted by Crippen LogP contribution is -2.71. The highest BCUT2D eigenvalue weighted by Gasteiger charge is 2.63. The quantitative estimate of drug-likeness (QED) is 0.697. The standard InChI is InChI=1S/C21H23NO6/c23-17-18(24)20(26)22-16(15-9-5-2-6-10-15)12-28-21(22,19(17)25)13-27-11-14-7-3-1-4-8-14/h1-10,16-19,23-25H,11-13H2/t16-,17+,18-,19-,21-/m1/s1. The third-order valence-corrected chi connectivity index (χ3v) is 5.41. The van der Waals surface area contributed by atoms with Crippen molar-refractivity contribution < 1.29 is 29.6 Å². The smallest absolute Gasteiger partial charge is 0.257 e. The number of amides is 1. The van der Waals surface area contributed by atoms with Crippen LogP contribution in [0, 0.1) is 0 Å². The molecule has 2 aromatic carbocycles. The first kappa shape index (κ1) is 19.0. The van der Waals surface area contributed by atoms with Gasteiger partial charge in [0.05, 0.1) is 25.9 Å². The van der Waals surface area contributed by atoms with Crippen LogP contribution in [0.25, 0.3) is 0 Å². The van der Waals surface area contributed by atoms with Crippen LogP contribution in [0.5, 0.6) is 0 Å². The molecule has 2 aliphatic heterocycles. The van der Waals surface area contributed by atoms with Crippen molar-refractivity contribution in [2.24, 2.45) is 0 Å². The molecule has 2 saturated heterocycles. The number of aliphatic hydroxyl groups excluding tert-OH is 3. The average Bonchev–Trinajstić information content (AvgIpc) is 3.13. The third-order valence-electron chi connectivity index (χ3n) is 5.41. The summed E-state index contributed by atoms with van der Waals surface area (Å²) in [6.07, 6.45) is -4.88. The first-order valence-corrected chi connectivity index (χ1v) is 9.22. The topological polar surface area (TPSA) is 99.5 Å². The van der Waals surface area contributed by atoms with Gasteiger partial charge in [-0.05, 0) is 11.1 Å². The Morgan fingerprint density at radius 1 is 1.04 bits per heavy atom. The van der Waals surface area contributed by atoms with Crippen molar-refractivity contribution in [2.45, 2.75) is 36.7 Å². The molecule has 0 spiro atoms. The number of hydrogen-bond donors (Lipinski definition) is 3. The number of fused-ring (bicyclic) bond motifs is 1. The van der Waals surface area contributed by atoms with Crippen molar-refractivity contribution >= 4 is 5.91 Å². The fraction of sp³-hybridized carbons (Fsp3) is 0.381. The van der Waals surface area contributed by atoms with E-state index < -0.39 is 36.0 Å². The summed E-state index contributed by atoms with van der Waals surface area (Å²) < 4.78 is 11.7. The molecule has 0 aromatic heterocycles. The molecule has 0 unspecified atom stereocenters. The Bertz CT molecular complexity index is 816. The largest absolute Gasteiger partial charge is 0.387 e. The molecule has 2 aliphatic rings. The highest BCUT2D eigenvalue weighted by Crippen LogP contribution is 2.44. The molecule has 7 heteroatoms. The van der Waals surface area contributed by atoms with Crippen LogP contribution in [0.3, 0.4) is 0 Å². The van der Waals surface area contributed by atoms with Crippen LogP contribution in [-0.4, -0.2) is 63.4 Å². The number of carbonyl (C=O) groups excluding carboxylic acids is 1. The zero-order valence-corrected chi connectivity index (χ0v) is 15.2. The van der Waals surface area contributed by atoms with Gasteiger partial charge in [-0.2, -0.15) is 0 Å². The summed E-state index contributed by atoms with van der Waals surface area (Å²) >= 11 is 0.